The van der Waals surface area contributed by atoms with Crippen LogP contribution in [0.2, 0.25) is 0 Å². The van der Waals surface area contributed by atoms with E-state index in [2.05, 4.69) is 5.32 Å². The molecule has 2 N–H and O–H groups in total. The monoisotopic (exact) mass is 278 g/mol. The van der Waals surface area contributed by atoms with Crippen LogP contribution >= 0.6 is 0 Å². The van der Waals surface area contributed by atoms with Gasteiger partial charge in [-0.3, -0.25) is 0 Å². The number of aliphatic hydroxyl groups excluding tert-OH is 1. The topological polar surface area (TPSA) is 69.6 Å². The Morgan fingerprint density at radius 2 is 2.06 bits per heavy atom. The zero-order valence-corrected chi connectivity index (χ0v) is 12.2. The molecule has 1 aliphatic heterocycles. The van der Waals surface area contributed by atoms with E-state index in [1.165, 1.54) is 4.31 Å². The molecular formula is C12H26N2O3S. The van der Waals surface area contributed by atoms with E-state index in [9.17, 15) is 8.42 Å². The Labute approximate surface area is 111 Å². The Morgan fingerprint density at radius 1 is 1.39 bits per heavy atom. The van der Waals surface area contributed by atoms with E-state index < -0.39 is 10.0 Å². The third kappa shape index (κ3) is 3.66. The Morgan fingerprint density at radius 3 is 2.50 bits per heavy atom. The molecule has 18 heavy (non-hydrogen) atoms. The smallest absolute Gasteiger partial charge is 0.218 e. The number of hydrogen-bond donors (Lipinski definition) is 2. The van der Waals surface area contributed by atoms with Gasteiger partial charge in [0, 0.05) is 19.1 Å². The zero-order valence-electron chi connectivity index (χ0n) is 11.4. The van der Waals surface area contributed by atoms with Crippen LogP contribution in [-0.4, -0.2) is 55.4 Å². The molecule has 1 atom stereocenters. The number of aliphatic hydroxyl groups is 1. The summed E-state index contributed by atoms with van der Waals surface area (Å²) in [6, 6.07) is 0.00377. The minimum Gasteiger partial charge on any atom is -0.395 e. The van der Waals surface area contributed by atoms with Crippen molar-refractivity contribution in [2.24, 2.45) is 0 Å². The van der Waals surface area contributed by atoms with Crippen molar-refractivity contribution < 1.29 is 13.5 Å². The molecule has 1 aliphatic rings. The molecule has 0 aromatic carbocycles. The normalized spacial score (nSPS) is 21.7. The van der Waals surface area contributed by atoms with Gasteiger partial charge < -0.3 is 10.4 Å². The summed E-state index contributed by atoms with van der Waals surface area (Å²) < 4.78 is 26.7. The van der Waals surface area contributed by atoms with Crippen LogP contribution in [0.3, 0.4) is 0 Å². The zero-order chi connectivity index (χ0) is 13.6. The predicted octanol–water partition coefficient (Wildman–Crippen LogP) is 0.551. The van der Waals surface area contributed by atoms with Gasteiger partial charge in [-0.05, 0) is 32.2 Å². The van der Waals surface area contributed by atoms with Gasteiger partial charge in [-0.25, -0.2) is 8.42 Å². The highest BCUT2D eigenvalue weighted by Crippen LogP contribution is 2.21. The highest BCUT2D eigenvalue weighted by Gasteiger charge is 2.35. The first kappa shape index (κ1) is 15.9. The highest BCUT2D eigenvalue weighted by molar-refractivity contribution is 7.89. The molecule has 0 bridgehead atoms. The summed E-state index contributed by atoms with van der Waals surface area (Å²) >= 11 is 0. The summed E-state index contributed by atoms with van der Waals surface area (Å²) in [4.78, 5) is 0. The van der Waals surface area contributed by atoms with Gasteiger partial charge in [0.05, 0.1) is 11.9 Å². The highest BCUT2D eigenvalue weighted by atomic mass is 32.2. The lowest BCUT2D eigenvalue weighted by atomic mass is 10.2. The number of hydrogen-bond acceptors (Lipinski definition) is 4. The van der Waals surface area contributed by atoms with Crippen molar-refractivity contribution in [1.82, 2.24) is 9.62 Å². The van der Waals surface area contributed by atoms with Crippen molar-refractivity contribution in [3.63, 3.8) is 0 Å². The average Bonchev–Trinajstić information content (AvgIpc) is 2.40. The summed E-state index contributed by atoms with van der Waals surface area (Å²) in [6.45, 7) is 5.52. The van der Waals surface area contributed by atoms with Gasteiger partial charge in [0.15, 0.2) is 0 Å². The van der Waals surface area contributed by atoms with Crippen LogP contribution in [0.25, 0.3) is 0 Å². The maximum atomic E-state index is 12.6. The second-order valence-corrected chi connectivity index (χ2v) is 6.98. The fraction of sp³-hybridized carbons (Fsp3) is 1.00. The largest absolute Gasteiger partial charge is 0.395 e. The van der Waals surface area contributed by atoms with Crippen LogP contribution in [-0.2, 0) is 10.0 Å². The molecule has 0 aromatic heterocycles. The van der Waals surface area contributed by atoms with Crippen molar-refractivity contribution in [3.05, 3.63) is 0 Å². The van der Waals surface area contributed by atoms with Gasteiger partial charge in [-0.2, -0.15) is 4.31 Å². The third-order valence-electron chi connectivity index (χ3n) is 3.67. The summed E-state index contributed by atoms with van der Waals surface area (Å²) in [5.74, 6) is 0. The molecule has 1 rings (SSSR count). The van der Waals surface area contributed by atoms with Gasteiger partial charge >= 0.3 is 0 Å². The molecule has 1 saturated heterocycles. The lowest BCUT2D eigenvalue weighted by Crippen LogP contribution is -2.50. The third-order valence-corrected chi connectivity index (χ3v) is 6.05. The van der Waals surface area contributed by atoms with Crippen molar-refractivity contribution in [1.29, 1.82) is 0 Å². The fourth-order valence-electron chi connectivity index (χ4n) is 2.58. The molecule has 108 valence electrons. The van der Waals surface area contributed by atoms with Crippen LogP contribution in [0.5, 0.6) is 0 Å². The molecule has 1 unspecified atom stereocenters. The summed E-state index contributed by atoms with van der Waals surface area (Å²) in [5, 5.41) is 11.9. The molecule has 0 aromatic rings. The lowest BCUT2D eigenvalue weighted by molar-refractivity contribution is 0.217. The molecule has 0 radical (unpaired) electrons. The van der Waals surface area contributed by atoms with Crippen LogP contribution in [0.1, 0.15) is 39.5 Å². The molecular weight excluding hydrogens is 252 g/mol. The Bertz CT molecular complexity index is 322. The molecule has 1 heterocycles. The molecule has 0 spiro atoms. The summed E-state index contributed by atoms with van der Waals surface area (Å²) in [5.41, 5.74) is 0. The number of rotatable bonds is 7. The van der Waals surface area contributed by atoms with Crippen molar-refractivity contribution in [3.8, 4) is 0 Å². The molecule has 1 fully saturated rings. The number of nitrogens with one attached hydrogen (secondary N) is 1. The van der Waals surface area contributed by atoms with E-state index in [0.717, 1.165) is 32.2 Å². The first-order chi connectivity index (χ1) is 8.57. The van der Waals surface area contributed by atoms with E-state index in [1.807, 2.05) is 13.8 Å². The Balaban J connectivity index is 2.87. The average molecular weight is 278 g/mol. The van der Waals surface area contributed by atoms with Crippen molar-refractivity contribution >= 4 is 10.0 Å². The number of nitrogens with zero attached hydrogens (tertiary/aromatic N) is 1. The standard InChI is InChI=1S/C12H26N2O3S/c1-3-11(4-2)14(8-9-15)18(16,17)12-6-5-7-13-10-12/h11-13,15H,3-10H2,1-2H3. The Hall–Kier alpha value is -0.170. The second kappa shape index (κ2) is 7.43. The molecule has 6 heteroatoms. The molecule has 5 nitrogen and oxygen atoms in total. The van der Waals surface area contributed by atoms with Gasteiger partial charge in [0.1, 0.15) is 0 Å². The number of piperidine rings is 1. The van der Waals surface area contributed by atoms with Crippen LogP contribution in [0, 0.1) is 0 Å². The maximum Gasteiger partial charge on any atom is 0.218 e. The van der Waals surface area contributed by atoms with Gasteiger partial charge in [-0.1, -0.05) is 13.8 Å². The van der Waals surface area contributed by atoms with Crippen LogP contribution in [0.4, 0.5) is 0 Å². The minimum atomic E-state index is -3.30. The molecule has 0 aliphatic carbocycles. The van der Waals surface area contributed by atoms with E-state index in [0.29, 0.717) is 6.54 Å². The van der Waals surface area contributed by atoms with E-state index >= 15 is 0 Å². The summed E-state index contributed by atoms with van der Waals surface area (Å²) in [6.07, 6.45) is 3.20. The molecule has 0 amide bonds. The predicted molar refractivity (Wildman–Crippen MR) is 73.0 cm³/mol. The van der Waals surface area contributed by atoms with E-state index in [1.54, 1.807) is 0 Å². The maximum absolute atomic E-state index is 12.6. The first-order valence-corrected chi connectivity index (χ1v) is 8.40. The Kier molecular flexibility index (Phi) is 6.55. The lowest BCUT2D eigenvalue weighted by Gasteiger charge is -2.34. The SMILES string of the molecule is CCC(CC)N(CCO)S(=O)(=O)C1CCCNC1. The van der Waals surface area contributed by atoms with Gasteiger partial charge in [-0.15, -0.1) is 0 Å². The van der Waals surface area contributed by atoms with Crippen molar-refractivity contribution in [2.45, 2.75) is 50.8 Å². The van der Waals surface area contributed by atoms with Crippen LogP contribution in [0.15, 0.2) is 0 Å². The van der Waals surface area contributed by atoms with E-state index in [4.69, 9.17) is 5.11 Å². The molecule has 0 saturated carbocycles. The van der Waals surface area contributed by atoms with E-state index in [-0.39, 0.29) is 24.4 Å². The van der Waals surface area contributed by atoms with Gasteiger partial charge in [0.25, 0.3) is 0 Å². The number of sulfonamides is 1. The van der Waals surface area contributed by atoms with Crippen LogP contribution < -0.4 is 5.32 Å². The quantitative estimate of drug-likeness (QED) is 0.713. The fourth-order valence-corrected chi connectivity index (χ4v) is 4.80. The first-order valence-electron chi connectivity index (χ1n) is 6.90. The second-order valence-electron chi connectivity index (χ2n) is 4.82. The van der Waals surface area contributed by atoms with Gasteiger partial charge in [0.2, 0.25) is 10.0 Å². The minimum absolute atomic E-state index is 0.00377. The van der Waals surface area contributed by atoms with Crippen molar-refractivity contribution in [2.75, 3.05) is 26.2 Å². The summed E-state index contributed by atoms with van der Waals surface area (Å²) in [7, 11) is -3.30.